The molecule has 104 valence electrons. The van der Waals surface area contributed by atoms with Gasteiger partial charge in [0.1, 0.15) is 0 Å². The number of methoxy groups -OCH3 is 1. The van der Waals surface area contributed by atoms with Gasteiger partial charge in [0.2, 0.25) is 0 Å². The number of hydrogen-bond acceptors (Lipinski definition) is 2. The van der Waals surface area contributed by atoms with Gasteiger partial charge in [-0.05, 0) is 22.8 Å². The Kier molecular flexibility index (Phi) is 5.35. The molecular weight excluding hydrogens is 250 g/mol. The zero-order valence-corrected chi connectivity index (χ0v) is 11.5. The SMILES string of the molecule is COC(O)Cc1ccc(-c2ccccc2)ccc[nH]c1. The summed E-state index contributed by atoms with van der Waals surface area (Å²) in [4.78, 5) is 3.07. The second kappa shape index (κ2) is 7.48. The molecule has 0 radical (unpaired) electrons. The van der Waals surface area contributed by atoms with Crippen LogP contribution in [0.4, 0.5) is 0 Å². The van der Waals surface area contributed by atoms with Crippen LogP contribution in [0.2, 0.25) is 0 Å². The number of hydrogen-bond donors (Lipinski definition) is 2. The summed E-state index contributed by atoms with van der Waals surface area (Å²) in [5.41, 5.74) is 3.23. The van der Waals surface area contributed by atoms with E-state index in [0.717, 1.165) is 16.7 Å². The molecule has 0 bridgehead atoms. The highest BCUT2D eigenvalue weighted by Gasteiger charge is 2.01. The van der Waals surface area contributed by atoms with Gasteiger partial charge in [-0.15, -0.1) is 0 Å². The first-order valence-electron chi connectivity index (χ1n) is 6.56. The van der Waals surface area contributed by atoms with E-state index in [0.29, 0.717) is 6.42 Å². The molecule has 1 atom stereocenters. The highest BCUT2D eigenvalue weighted by Crippen LogP contribution is 2.17. The first-order chi connectivity index (χ1) is 9.79. The molecule has 0 fully saturated rings. The van der Waals surface area contributed by atoms with Crippen molar-refractivity contribution in [2.75, 3.05) is 7.11 Å². The van der Waals surface area contributed by atoms with E-state index in [1.807, 2.05) is 54.9 Å². The van der Waals surface area contributed by atoms with Crippen molar-refractivity contribution in [3.05, 3.63) is 72.6 Å². The van der Waals surface area contributed by atoms with Crippen LogP contribution in [0.25, 0.3) is 11.1 Å². The highest BCUT2D eigenvalue weighted by molar-refractivity contribution is 5.62. The molecule has 0 aliphatic rings. The minimum atomic E-state index is -0.790. The zero-order chi connectivity index (χ0) is 14.2. The molecule has 3 nitrogen and oxygen atoms in total. The number of aliphatic hydroxyl groups is 1. The van der Waals surface area contributed by atoms with Crippen molar-refractivity contribution < 1.29 is 9.84 Å². The summed E-state index contributed by atoms with van der Waals surface area (Å²) in [7, 11) is 1.49. The summed E-state index contributed by atoms with van der Waals surface area (Å²) in [6.07, 6.45) is 3.36. The Balaban J connectivity index is 2.38. The Morgan fingerprint density at radius 2 is 1.70 bits per heavy atom. The van der Waals surface area contributed by atoms with Gasteiger partial charge in [-0.1, -0.05) is 48.5 Å². The number of aromatic nitrogens is 1. The van der Waals surface area contributed by atoms with Gasteiger partial charge in [-0.2, -0.15) is 0 Å². The van der Waals surface area contributed by atoms with Crippen molar-refractivity contribution in [1.29, 1.82) is 0 Å². The van der Waals surface area contributed by atoms with Gasteiger partial charge in [-0.25, -0.2) is 0 Å². The van der Waals surface area contributed by atoms with Gasteiger partial charge in [0.05, 0.1) is 0 Å². The zero-order valence-electron chi connectivity index (χ0n) is 11.5. The molecule has 1 heterocycles. The molecule has 0 amide bonds. The van der Waals surface area contributed by atoms with E-state index >= 15 is 0 Å². The van der Waals surface area contributed by atoms with E-state index in [1.165, 1.54) is 7.11 Å². The van der Waals surface area contributed by atoms with Crippen LogP contribution in [0.5, 0.6) is 0 Å². The fourth-order valence-electron chi connectivity index (χ4n) is 1.90. The lowest BCUT2D eigenvalue weighted by atomic mass is 10.1. The predicted octanol–water partition coefficient (Wildman–Crippen LogP) is 3.31. The lowest BCUT2D eigenvalue weighted by Gasteiger charge is -2.06. The predicted molar refractivity (Wildman–Crippen MR) is 80.6 cm³/mol. The van der Waals surface area contributed by atoms with Gasteiger partial charge in [0, 0.05) is 25.9 Å². The van der Waals surface area contributed by atoms with Crippen molar-refractivity contribution >= 4 is 0 Å². The van der Waals surface area contributed by atoms with E-state index in [9.17, 15) is 5.11 Å². The van der Waals surface area contributed by atoms with Crippen molar-refractivity contribution in [1.82, 2.24) is 4.98 Å². The average molecular weight is 269 g/mol. The molecule has 1 aromatic carbocycles. The van der Waals surface area contributed by atoms with Crippen LogP contribution in [-0.4, -0.2) is 23.5 Å². The molecule has 2 aromatic rings. The number of nitrogens with one attached hydrogen (secondary N) is 1. The van der Waals surface area contributed by atoms with Crippen molar-refractivity contribution in [3.63, 3.8) is 0 Å². The number of H-pyrrole nitrogens is 1. The highest BCUT2D eigenvalue weighted by atomic mass is 16.6. The van der Waals surface area contributed by atoms with E-state index in [2.05, 4.69) is 17.1 Å². The van der Waals surface area contributed by atoms with Gasteiger partial charge >= 0.3 is 0 Å². The maximum absolute atomic E-state index is 9.57. The molecule has 1 aromatic heterocycles. The van der Waals surface area contributed by atoms with Gasteiger partial charge in [0.25, 0.3) is 0 Å². The van der Waals surface area contributed by atoms with Crippen LogP contribution in [0, 0.1) is 0 Å². The van der Waals surface area contributed by atoms with Crippen LogP contribution in [0.3, 0.4) is 0 Å². The standard InChI is InChI=1S/C17H19NO2/c1-20-17(19)12-14-9-10-16(8-5-11-18-13-14)15-6-3-2-4-7-15/h2-11,13,17-19H,12H2,1H3. The number of rotatable bonds is 4. The number of aliphatic hydroxyl groups excluding tert-OH is 1. The van der Waals surface area contributed by atoms with E-state index in [4.69, 9.17) is 4.74 Å². The third-order valence-corrected chi connectivity index (χ3v) is 3.00. The maximum Gasteiger partial charge on any atom is 0.158 e. The Labute approximate surface area is 119 Å². The molecule has 0 saturated carbocycles. The molecule has 3 heteroatoms. The normalized spacial score (nSPS) is 11.7. The van der Waals surface area contributed by atoms with Gasteiger partial charge in [-0.3, -0.25) is 0 Å². The van der Waals surface area contributed by atoms with Crippen LogP contribution >= 0.6 is 0 Å². The van der Waals surface area contributed by atoms with Crippen LogP contribution in [0.1, 0.15) is 5.56 Å². The lowest BCUT2D eigenvalue weighted by molar-refractivity contribution is -0.0720. The monoisotopic (exact) mass is 269 g/mol. The summed E-state index contributed by atoms with van der Waals surface area (Å²) >= 11 is 0. The Morgan fingerprint density at radius 1 is 1.00 bits per heavy atom. The van der Waals surface area contributed by atoms with E-state index in [-0.39, 0.29) is 0 Å². The van der Waals surface area contributed by atoms with E-state index in [1.54, 1.807) is 0 Å². The Morgan fingerprint density at radius 3 is 2.45 bits per heavy atom. The Bertz CT molecular complexity index is 576. The number of aromatic amines is 1. The molecule has 20 heavy (non-hydrogen) atoms. The molecule has 0 aliphatic heterocycles. The third kappa shape index (κ3) is 4.23. The van der Waals surface area contributed by atoms with Crippen LogP contribution in [-0.2, 0) is 11.2 Å². The third-order valence-electron chi connectivity index (χ3n) is 3.00. The second-order valence-corrected chi connectivity index (χ2v) is 4.46. The fraction of sp³-hybridized carbons (Fsp3) is 0.176. The van der Waals surface area contributed by atoms with Gasteiger partial charge < -0.3 is 14.8 Å². The van der Waals surface area contributed by atoms with Crippen LogP contribution in [0.15, 0.2) is 67.0 Å². The molecular formula is C17H19NO2. The number of ether oxygens (including phenoxy) is 1. The maximum atomic E-state index is 9.57. The second-order valence-electron chi connectivity index (χ2n) is 4.46. The number of benzene rings is 1. The summed E-state index contributed by atoms with van der Waals surface area (Å²) in [5, 5.41) is 9.57. The first-order valence-corrected chi connectivity index (χ1v) is 6.56. The minimum Gasteiger partial charge on any atom is -0.368 e. The summed E-state index contributed by atoms with van der Waals surface area (Å²) < 4.78 is 4.89. The van der Waals surface area contributed by atoms with Gasteiger partial charge in [0.15, 0.2) is 6.29 Å². The molecule has 0 spiro atoms. The smallest absolute Gasteiger partial charge is 0.158 e. The molecule has 2 N–H and O–H groups in total. The van der Waals surface area contributed by atoms with Crippen molar-refractivity contribution in [3.8, 4) is 11.1 Å². The average Bonchev–Trinajstić information content (AvgIpc) is 2.60. The first kappa shape index (κ1) is 14.3. The molecule has 0 aliphatic carbocycles. The summed E-state index contributed by atoms with van der Waals surface area (Å²) in [6, 6.07) is 18.2. The molecule has 0 saturated heterocycles. The molecule has 2 rings (SSSR count). The topological polar surface area (TPSA) is 45.2 Å². The van der Waals surface area contributed by atoms with Crippen molar-refractivity contribution in [2.24, 2.45) is 0 Å². The minimum absolute atomic E-state index is 0.440. The van der Waals surface area contributed by atoms with E-state index < -0.39 is 6.29 Å². The summed E-state index contributed by atoms with van der Waals surface area (Å²) in [5.74, 6) is 0. The Hall–Kier alpha value is -2.10. The lowest BCUT2D eigenvalue weighted by Crippen LogP contribution is -2.11. The van der Waals surface area contributed by atoms with Crippen LogP contribution < -0.4 is 0 Å². The largest absolute Gasteiger partial charge is 0.368 e. The van der Waals surface area contributed by atoms with Crippen molar-refractivity contribution in [2.45, 2.75) is 12.7 Å². The summed E-state index contributed by atoms with van der Waals surface area (Å²) in [6.45, 7) is 0. The molecule has 1 unspecified atom stereocenters. The fourth-order valence-corrected chi connectivity index (χ4v) is 1.90. The quantitative estimate of drug-likeness (QED) is 0.836.